The van der Waals surface area contributed by atoms with E-state index in [1.807, 2.05) is 30.3 Å². The molecule has 9 nitrogen and oxygen atoms in total. The molecule has 1 atom stereocenters. The number of fused-ring (bicyclic) bond motifs is 1. The molecule has 0 radical (unpaired) electrons. The number of aromatic nitrogens is 2. The molecule has 3 heterocycles. The van der Waals surface area contributed by atoms with Gasteiger partial charge in [0.1, 0.15) is 34.2 Å². The van der Waals surface area contributed by atoms with Crippen LogP contribution in [0.5, 0.6) is 5.75 Å². The van der Waals surface area contributed by atoms with Crippen molar-refractivity contribution in [1.29, 1.82) is 0 Å². The molecule has 0 spiro atoms. The van der Waals surface area contributed by atoms with Gasteiger partial charge >= 0.3 is 0 Å². The van der Waals surface area contributed by atoms with Crippen molar-refractivity contribution in [2.75, 3.05) is 26.3 Å². The fourth-order valence-electron chi connectivity index (χ4n) is 4.24. The van der Waals surface area contributed by atoms with Gasteiger partial charge in [-0.2, -0.15) is 4.31 Å². The van der Waals surface area contributed by atoms with Crippen LogP contribution in [0.15, 0.2) is 65.7 Å². The van der Waals surface area contributed by atoms with Crippen LogP contribution in [0.25, 0.3) is 22.0 Å². The van der Waals surface area contributed by atoms with E-state index in [1.54, 1.807) is 24.4 Å². The van der Waals surface area contributed by atoms with Crippen LogP contribution in [0.2, 0.25) is 10.2 Å². The summed E-state index contributed by atoms with van der Waals surface area (Å²) in [6.45, 7) is 0.466. The molecule has 4 aromatic rings. The van der Waals surface area contributed by atoms with Crippen molar-refractivity contribution in [1.82, 2.24) is 14.3 Å². The van der Waals surface area contributed by atoms with Crippen LogP contribution >= 0.6 is 23.2 Å². The number of nitrogens with two attached hydrogens (primary N) is 1. The van der Waals surface area contributed by atoms with Crippen molar-refractivity contribution in [3.8, 4) is 16.9 Å². The number of amides is 1. The van der Waals surface area contributed by atoms with Crippen molar-refractivity contribution in [2.24, 2.45) is 5.73 Å². The van der Waals surface area contributed by atoms with Crippen molar-refractivity contribution < 1.29 is 22.7 Å². The van der Waals surface area contributed by atoms with Crippen LogP contribution in [-0.2, 0) is 14.8 Å². The second-order valence-corrected chi connectivity index (χ2v) is 11.1. The van der Waals surface area contributed by atoms with Crippen molar-refractivity contribution in [3.05, 3.63) is 76.7 Å². The zero-order valence-electron chi connectivity index (χ0n) is 19.4. The molecular formula is C25H22Cl2N4O5S. The molecule has 1 aliphatic heterocycles. The number of nitrogens with zero attached hydrogens (tertiary/aromatic N) is 2. The van der Waals surface area contributed by atoms with Crippen molar-refractivity contribution in [3.63, 3.8) is 0 Å². The maximum absolute atomic E-state index is 13.7. The summed E-state index contributed by atoms with van der Waals surface area (Å²) < 4.78 is 40.2. The fourth-order valence-corrected chi connectivity index (χ4v) is 6.37. The topological polar surface area (TPSA) is 128 Å². The van der Waals surface area contributed by atoms with Crippen LogP contribution in [-0.4, -0.2) is 61.0 Å². The summed E-state index contributed by atoms with van der Waals surface area (Å²) in [6, 6.07) is 15.8. The lowest BCUT2D eigenvalue weighted by atomic mass is 10.1. The third kappa shape index (κ3) is 5.29. The van der Waals surface area contributed by atoms with E-state index < -0.39 is 22.0 Å². The highest BCUT2D eigenvalue weighted by Crippen LogP contribution is 2.32. The summed E-state index contributed by atoms with van der Waals surface area (Å²) in [5.41, 5.74) is 7.63. The molecule has 1 fully saturated rings. The number of nitrogens with one attached hydrogen (secondary N) is 1. The highest BCUT2D eigenvalue weighted by Gasteiger charge is 2.36. The number of hydrogen-bond donors (Lipinski definition) is 2. The van der Waals surface area contributed by atoms with Gasteiger partial charge in [0.2, 0.25) is 10.0 Å². The van der Waals surface area contributed by atoms with Crippen LogP contribution in [0, 0.1) is 0 Å². The number of ether oxygens (including phenoxy) is 2. The second kappa shape index (κ2) is 10.3. The molecule has 0 unspecified atom stereocenters. The quantitative estimate of drug-likeness (QED) is 0.327. The average molecular weight is 561 g/mol. The summed E-state index contributed by atoms with van der Waals surface area (Å²) >= 11 is 12.1. The lowest BCUT2D eigenvalue weighted by Crippen LogP contribution is -2.47. The van der Waals surface area contributed by atoms with E-state index in [0.29, 0.717) is 26.8 Å². The van der Waals surface area contributed by atoms with Gasteiger partial charge in [0, 0.05) is 35.2 Å². The standard InChI is InChI=1S/C25H22Cl2N4O5S/c26-17-3-6-21-20(12-17)24(23(30-21)25(28)32)37(33,34)31-9-10-35-19(13-31)14-36-18-4-1-15(2-5-18)16-7-8-29-22(27)11-16/h1-8,11-12,19,30H,9-10,13-14H2,(H2,28,32)/t19-/m0/s1. The number of aromatic amines is 1. The predicted molar refractivity (Wildman–Crippen MR) is 141 cm³/mol. The van der Waals surface area contributed by atoms with E-state index in [4.69, 9.17) is 38.4 Å². The number of halogens is 2. The maximum atomic E-state index is 13.7. The van der Waals surface area contributed by atoms with Gasteiger partial charge in [0.05, 0.1) is 6.61 Å². The molecule has 1 saturated heterocycles. The molecule has 1 amide bonds. The molecule has 1 aliphatic rings. The first-order chi connectivity index (χ1) is 17.7. The number of morpholine rings is 1. The van der Waals surface area contributed by atoms with E-state index in [0.717, 1.165) is 11.1 Å². The first kappa shape index (κ1) is 25.5. The van der Waals surface area contributed by atoms with Crippen LogP contribution in [0.1, 0.15) is 10.5 Å². The molecule has 3 N–H and O–H groups in total. The Bertz CT molecular complexity index is 1570. The van der Waals surface area contributed by atoms with Crippen LogP contribution < -0.4 is 10.5 Å². The van der Waals surface area contributed by atoms with Gasteiger partial charge in [-0.25, -0.2) is 13.4 Å². The summed E-state index contributed by atoms with van der Waals surface area (Å²) in [7, 11) is -4.10. The Labute approximate surface area is 223 Å². The number of primary amides is 1. The second-order valence-electron chi connectivity index (χ2n) is 8.44. The number of H-pyrrole nitrogens is 1. The predicted octanol–water partition coefficient (Wildman–Crippen LogP) is 4.10. The molecule has 5 rings (SSSR count). The normalized spacial score (nSPS) is 16.6. The zero-order valence-corrected chi connectivity index (χ0v) is 21.7. The lowest BCUT2D eigenvalue weighted by Gasteiger charge is -2.32. The largest absolute Gasteiger partial charge is 0.491 e. The Morgan fingerprint density at radius 3 is 2.65 bits per heavy atom. The number of carbonyl (C=O) groups is 1. The smallest absolute Gasteiger partial charge is 0.266 e. The highest BCUT2D eigenvalue weighted by atomic mass is 35.5. The monoisotopic (exact) mass is 560 g/mol. The van der Waals surface area contributed by atoms with Gasteiger partial charge in [0.15, 0.2) is 0 Å². The average Bonchev–Trinajstić information content (AvgIpc) is 3.28. The fraction of sp³-hybridized carbons (Fsp3) is 0.200. The zero-order chi connectivity index (χ0) is 26.2. The summed E-state index contributed by atoms with van der Waals surface area (Å²) in [5.74, 6) is -0.272. The number of pyridine rings is 1. The molecule has 0 bridgehead atoms. The number of rotatable bonds is 7. The van der Waals surface area contributed by atoms with E-state index in [-0.39, 0.29) is 36.9 Å². The SMILES string of the molecule is NC(=O)c1[nH]c2ccc(Cl)cc2c1S(=O)(=O)N1CCO[C@H](COc2ccc(-c3ccnc(Cl)c3)cc2)C1. The molecular weight excluding hydrogens is 539 g/mol. The number of hydrogen-bond acceptors (Lipinski definition) is 6. The summed E-state index contributed by atoms with van der Waals surface area (Å²) in [6.07, 6.45) is 1.12. The minimum atomic E-state index is -4.10. The summed E-state index contributed by atoms with van der Waals surface area (Å²) in [5, 5.41) is 1.05. The van der Waals surface area contributed by atoms with E-state index >= 15 is 0 Å². The van der Waals surface area contributed by atoms with Gasteiger partial charge in [-0.15, -0.1) is 0 Å². The number of benzene rings is 2. The first-order valence-corrected chi connectivity index (χ1v) is 13.5. The maximum Gasteiger partial charge on any atom is 0.266 e. The molecule has 2 aromatic carbocycles. The minimum Gasteiger partial charge on any atom is -0.491 e. The number of sulfonamides is 1. The van der Waals surface area contributed by atoms with Crippen LogP contribution in [0.4, 0.5) is 0 Å². The highest BCUT2D eigenvalue weighted by molar-refractivity contribution is 7.89. The number of carbonyl (C=O) groups excluding carboxylic acids is 1. The van der Waals surface area contributed by atoms with Gasteiger partial charge in [-0.05, 0) is 53.6 Å². The third-order valence-electron chi connectivity index (χ3n) is 6.01. The molecule has 12 heteroatoms. The molecule has 37 heavy (non-hydrogen) atoms. The van der Waals surface area contributed by atoms with E-state index in [2.05, 4.69) is 9.97 Å². The summed E-state index contributed by atoms with van der Waals surface area (Å²) in [4.78, 5) is 18.7. The third-order valence-corrected chi connectivity index (χ3v) is 8.40. The minimum absolute atomic E-state index is 0.0430. The first-order valence-electron chi connectivity index (χ1n) is 11.3. The van der Waals surface area contributed by atoms with Gasteiger partial charge in [-0.3, -0.25) is 4.79 Å². The van der Waals surface area contributed by atoms with Gasteiger partial charge in [-0.1, -0.05) is 35.3 Å². The van der Waals surface area contributed by atoms with E-state index in [1.165, 1.54) is 10.4 Å². The van der Waals surface area contributed by atoms with Crippen molar-refractivity contribution in [2.45, 2.75) is 11.0 Å². The van der Waals surface area contributed by atoms with Crippen molar-refractivity contribution >= 4 is 50.0 Å². The van der Waals surface area contributed by atoms with Gasteiger partial charge in [0.25, 0.3) is 5.91 Å². The molecule has 192 valence electrons. The van der Waals surface area contributed by atoms with Gasteiger partial charge < -0.3 is 20.2 Å². The lowest BCUT2D eigenvalue weighted by molar-refractivity contribution is -0.0249. The Morgan fingerprint density at radius 2 is 1.92 bits per heavy atom. The Kier molecular flexibility index (Phi) is 7.11. The Balaban J connectivity index is 1.31. The molecule has 2 aromatic heterocycles. The molecule has 0 saturated carbocycles. The Hall–Kier alpha value is -3.15. The molecule has 0 aliphatic carbocycles. The van der Waals surface area contributed by atoms with E-state index in [9.17, 15) is 13.2 Å². The van der Waals surface area contributed by atoms with Crippen LogP contribution in [0.3, 0.4) is 0 Å². The Morgan fingerprint density at radius 1 is 1.14 bits per heavy atom.